The molecule has 2 atom stereocenters. The van der Waals surface area contributed by atoms with Gasteiger partial charge in [0, 0.05) is 37.7 Å². The molecule has 0 saturated carbocycles. The number of morpholine rings is 1. The van der Waals surface area contributed by atoms with Gasteiger partial charge in [-0.2, -0.15) is 0 Å². The molecule has 0 radical (unpaired) electrons. The van der Waals surface area contributed by atoms with Crippen LogP contribution in [0.4, 0.5) is 0 Å². The molecule has 0 aliphatic carbocycles. The Morgan fingerprint density at radius 2 is 1.74 bits per heavy atom. The lowest BCUT2D eigenvalue weighted by atomic mass is 10.1. The van der Waals surface area contributed by atoms with Crippen molar-refractivity contribution in [2.75, 3.05) is 26.7 Å². The van der Waals surface area contributed by atoms with Crippen molar-refractivity contribution in [3.8, 4) is 0 Å². The van der Waals surface area contributed by atoms with Gasteiger partial charge in [0.2, 0.25) is 0 Å². The highest BCUT2D eigenvalue weighted by atomic mass is 79.9. The Bertz CT molecular complexity index is 893. The summed E-state index contributed by atoms with van der Waals surface area (Å²) in [5.74, 6) is -0.751. The number of benzene rings is 2. The summed E-state index contributed by atoms with van der Waals surface area (Å²) in [6.45, 7) is 6.91. The number of halogens is 1. The lowest BCUT2D eigenvalue weighted by molar-refractivity contribution is -0.133. The number of likely N-dealkylation sites (N-methyl/N-ethyl adjacent to an activating group) is 1. The summed E-state index contributed by atoms with van der Waals surface area (Å²) >= 11 is 3.48. The standard InChI is InChI=1S/C24H29BrN2O4/c1-17-12-27(13-18(2)31-17)14-19-8-10-20(11-9-19)24(29)30-16-23(28)26(3)15-21-6-4-5-7-22(21)25/h4-11,17-18H,12-16H2,1-3H3. The van der Waals surface area contributed by atoms with Gasteiger partial charge in [-0.25, -0.2) is 4.79 Å². The third-order valence-corrected chi connectivity index (χ3v) is 5.98. The fourth-order valence-electron chi connectivity index (χ4n) is 3.71. The zero-order chi connectivity index (χ0) is 22.4. The van der Waals surface area contributed by atoms with Crippen molar-refractivity contribution >= 4 is 27.8 Å². The summed E-state index contributed by atoms with van der Waals surface area (Å²) in [6, 6.07) is 15.1. The van der Waals surface area contributed by atoms with Crippen LogP contribution < -0.4 is 0 Å². The lowest BCUT2D eigenvalue weighted by Gasteiger charge is -2.35. The Morgan fingerprint density at radius 3 is 2.39 bits per heavy atom. The van der Waals surface area contributed by atoms with E-state index in [0.717, 1.165) is 35.2 Å². The Kier molecular flexibility index (Phi) is 8.23. The molecule has 0 N–H and O–H groups in total. The molecule has 1 aliphatic heterocycles. The van der Waals surface area contributed by atoms with Crippen LogP contribution in [0.5, 0.6) is 0 Å². The van der Waals surface area contributed by atoms with E-state index in [4.69, 9.17) is 9.47 Å². The molecule has 0 spiro atoms. The molecule has 6 nitrogen and oxygen atoms in total. The topological polar surface area (TPSA) is 59.1 Å². The number of rotatable bonds is 7. The van der Waals surface area contributed by atoms with E-state index in [1.165, 1.54) is 0 Å². The molecule has 1 fully saturated rings. The lowest BCUT2D eigenvalue weighted by Crippen LogP contribution is -2.44. The van der Waals surface area contributed by atoms with Gasteiger partial charge in [-0.05, 0) is 43.2 Å². The maximum Gasteiger partial charge on any atom is 0.338 e. The average Bonchev–Trinajstić information content (AvgIpc) is 2.73. The SMILES string of the molecule is CC1CN(Cc2ccc(C(=O)OCC(=O)N(C)Cc3ccccc3Br)cc2)CC(C)O1. The molecule has 0 aromatic heterocycles. The monoisotopic (exact) mass is 488 g/mol. The first kappa shape index (κ1) is 23.4. The van der Waals surface area contributed by atoms with Crippen LogP contribution in [-0.4, -0.2) is 60.6 Å². The van der Waals surface area contributed by atoms with Gasteiger partial charge >= 0.3 is 5.97 Å². The molecule has 2 aromatic carbocycles. The number of nitrogens with zero attached hydrogens (tertiary/aromatic N) is 2. The first-order valence-corrected chi connectivity index (χ1v) is 11.2. The second kappa shape index (κ2) is 10.9. The molecular weight excluding hydrogens is 460 g/mol. The van der Waals surface area contributed by atoms with E-state index in [2.05, 4.69) is 34.7 Å². The molecule has 2 aromatic rings. The number of ether oxygens (including phenoxy) is 2. The van der Waals surface area contributed by atoms with Gasteiger partial charge in [0.25, 0.3) is 5.91 Å². The summed E-state index contributed by atoms with van der Waals surface area (Å²) in [5, 5.41) is 0. The van der Waals surface area contributed by atoms with Crippen molar-refractivity contribution in [2.45, 2.75) is 39.1 Å². The van der Waals surface area contributed by atoms with Crippen LogP contribution >= 0.6 is 15.9 Å². The average molecular weight is 489 g/mol. The van der Waals surface area contributed by atoms with Crippen LogP contribution in [0.3, 0.4) is 0 Å². The van der Waals surface area contributed by atoms with E-state index in [1.54, 1.807) is 24.1 Å². The molecule has 1 saturated heterocycles. The number of carbonyl (C=O) groups is 2. The molecule has 3 rings (SSSR count). The fourth-order valence-corrected chi connectivity index (χ4v) is 4.12. The van der Waals surface area contributed by atoms with Gasteiger partial charge < -0.3 is 14.4 Å². The molecule has 1 aliphatic rings. The van der Waals surface area contributed by atoms with E-state index in [9.17, 15) is 9.59 Å². The third-order valence-electron chi connectivity index (χ3n) is 5.21. The van der Waals surface area contributed by atoms with Crippen LogP contribution in [0.15, 0.2) is 53.0 Å². The van der Waals surface area contributed by atoms with Crippen molar-refractivity contribution in [2.24, 2.45) is 0 Å². The van der Waals surface area contributed by atoms with Gasteiger partial charge in [0.15, 0.2) is 6.61 Å². The van der Waals surface area contributed by atoms with Gasteiger partial charge in [-0.1, -0.05) is 46.3 Å². The number of hydrogen-bond acceptors (Lipinski definition) is 5. The van der Waals surface area contributed by atoms with Crippen molar-refractivity contribution in [3.05, 3.63) is 69.7 Å². The molecule has 166 valence electrons. The van der Waals surface area contributed by atoms with Gasteiger partial charge in [-0.3, -0.25) is 9.69 Å². The minimum absolute atomic E-state index is 0.219. The minimum Gasteiger partial charge on any atom is -0.452 e. The molecule has 31 heavy (non-hydrogen) atoms. The van der Waals surface area contributed by atoms with Gasteiger partial charge in [0.05, 0.1) is 17.8 Å². The zero-order valence-electron chi connectivity index (χ0n) is 18.2. The minimum atomic E-state index is -0.497. The van der Waals surface area contributed by atoms with Crippen LogP contribution in [0.1, 0.15) is 35.3 Å². The van der Waals surface area contributed by atoms with Crippen LogP contribution in [0, 0.1) is 0 Å². The van der Waals surface area contributed by atoms with Gasteiger partial charge in [0.1, 0.15) is 0 Å². The van der Waals surface area contributed by atoms with Crippen molar-refractivity contribution in [3.63, 3.8) is 0 Å². The zero-order valence-corrected chi connectivity index (χ0v) is 19.8. The highest BCUT2D eigenvalue weighted by Gasteiger charge is 2.22. The number of carbonyl (C=O) groups excluding carboxylic acids is 2. The van der Waals surface area contributed by atoms with Crippen LogP contribution in [-0.2, 0) is 27.4 Å². The quantitative estimate of drug-likeness (QED) is 0.553. The maximum absolute atomic E-state index is 12.3. The maximum atomic E-state index is 12.3. The predicted octanol–water partition coefficient (Wildman–Crippen LogP) is 3.87. The largest absolute Gasteiger partial charge is 0.452 e. The molecule has 0 bridgehead atoms. The van der Waals surface area contributed by atoms with Crippen molar-refractivity contribution < 1.29 is 19.1 Å². The summed E-state index contributed by atoms with van der Waals surface area (Å²) in [6.07, 6.45) is 0.438. The van der Waals surface area contributed by atoms with E-state index >= 15 is 0 Å². The molecule has 2 unspecified atom stereocenters. The number of hydrogen-bond donors (Lipinski definition) is 0. The van der Waals surface area contributed by atoms with Crippen molar-refractivity contribution in [1.29, 1.82) is 0 Å². The Labute approximate surface area is 192 Å². The summed E-state index contributed by atoms with van der Waals surface area (Å²) in [7, 11) is 1.69. The normalized spacial score (nSPS) is 19.1. The molecular formula is C24H29BrN2O4. The van der Waals surface area contributed by atoms with Crippen LogP contribution in [0.2, 0.25) is 0 Å². The van der Waals surface area contributed by atoms with Crippen LogP contribution in [0.25, 0.3) is 0 Å². The molecule has 1 amide bonds. The molecule has 7 heteroatoms. The van der Waals surface area contributed by atoms with Crippen molar-refractivity contribution in [1.82, 2.24) is 9.80 Å². The second-order valence-corrected chi connectivity index (χ2v) is 8.92. The third kappa shape index (κ3) is 6.89. The number of amides is 1. The fraction of sp³-hybridized carbons (Fsp3) is 0.417. The molecule has 1 heterocycles. The second-order valence-electron chi connectivity index (χ2n) is 8.07. The summed E-state index contributed by atoms with van der Waals surface area (Å²) < 4.78 is 11.9. The van der Waals surface area contributed by atoms with E-state index in [1.807, 2.05) is 36.4 Å². The Morgan fingerprint density at radius 1 is 1.10 bits per heavy atom. The highest BCUT2D eigenvalue weighted by molar-refractivity contribution is 9.10. The summed E-state index contributed by atoms with van der Waals surface area (Å²) in [5.41, 5.74) is 2.56. The van der Waals surface area contributed by atoms with E-state index < -0.39 is 5.97 Å². The first-order chi connectivity index (χ1) is 14.8. The number of esters is 1. The summed E-state index contributed by atoms with van der Waals surface area (Å²) in [4.78, 5) is 28.6. The first-order valence-electron chi connectivity index (χ1n) is 10.4. The van der Waals surface area contributed by atoms with Gasteiger partial charge in [-0.15, -0.1) is 0 Å². The smallest absolute Gasteiger partial charge is 0.338 e. The Balaban J connectivity index is 1.48. The highest BCUT2D eigenvalue weighted by Crippen LogP contribution is 2.18. The predicted molar refractivity (Wildman–Crippen MR) is 123 cm³/mol. The van der Waals surface area contributed by atoms with E-state index in [0.29, 0.717) is 12.1 Å². The Hall–Kier alpha value is -2.22. The van der Waals surface area contributed by atoms with E-state index in [-0.39, 0.29) is 24.7 Å².